The first-order valence-corrected chi connectivity index (χ1v) is 11.0. The number of hydrogen-bond donors (Lipinski definition) is 1. The number of para-hydroxylation sites is 1. The van der Waals surface area contributed by atoms with Crippen molar-refractivity contribution in [3.8, 4) is 5.69 Å². The van der Waals surface area contributed by atoms with Gasteiger partial charge < -0.3 is 10.1 Å². The molecule has 30 heavy (non-hydrogen) atoms. The fraction of sp³-hybridized carbons (Fsp3) is 0.348. The Morgan fingerprint density at radius 3 is 2.70 bits per heavy atom. The first kappa shape index (κ1) is 20.3. The van der Waals surface area contributed by atoms with E-state index in [0.717, 1.165) is 30.6 Å². The average molecular weight is 424 g/mol. The Morgan fingerprint density at radius 2 is 1.90 bits per heavy atom. The summed E-state index contributed by atoms with van der Waals surface area (Å²) in [4.78, 5) is 26.7. The summed E-state index contributed by atoms with van der Waals surface area (Å²) in [5.41, 5.74) is 4.34. The zero-order valence-electron chi connectivity index (χ0n) is 17.2. The van der Waals surface area contributed by atoms with Crippen LogP contribution in [-0.4, -0.2) is 28.3 Å². The molecule has 0 radical (unpaired) electrons. The van der Waals surface area contributed by atoms with Crippen LogP contribution in [0.3, 0.4) is 0 Å². The van der Waals surface area contributed by atoms with E-state index < -0.39 is 5.97 Å². The second-order valence-corrected chi connectivity index (χ2v) is 8.67. The number of aryl methyl sites for hydroxylation is 3. The van der Waals surface area contributed by atoms with Crippen molar-refractivity contribution in [2.45, 2.75) is 46.0 Å². The number of benzene rings is 1. The lowest BCUT2D eigenvalue weighted by molar-refractivity contribution is -0.119. The molecule has 1 aliphatic rings. The molecule has 0 bridgehead atoms. The van der Waals surface area contributed by atoms with Crippen molar-refractivity contribution in [1.82, 2.24) is 9.78 Å². The van der Waals surface area contributed by atoms with Gasteiger partial charge in [-0.1, -0.05) is 24.6 Å². The van der Waals surface area contributed by atoms with Gasteiger partial charge in [0, 0.05) is 4.88 Å². The number of ether oxygens (including phenoxy) is 1. The fourth-order valence-electron chi connectivity index (χ4n) is 3.79. The predicted octanol–water partition coefficient (Wildman–Crippen LogP) is 4.62. The van der Waals surface area contributed by atoms with Crippen LogP contribution in [0.4, 0.5) is 5.69 Å². The lowest BCUT2D eigenvalue weighted by Crippen LogP contribution is -2.21. The van der Waals surface area contributed by atoms with Gasteiger partial charge in [0.25, 0.3) is 5.91 Å². The van der Waals surface area contributed by atoms with Crippen LogP contribution >= 0.6 is 11.3 Å². The highest BCUT2D eigenvalue weighted by molar-refractivity contribution is 7.14. The summed E-state index contributed by atoms with van der Waals surface area (Å²) in [7, 11) is 0. The molecule has 0 fully saturated rings. The molecule has 0 spiro atoms. The van der Waals surface area contributed by atoms with Gasteiger partial charge in [-0.3, -0.25) is 4.79 Å². The molecule has 0 saturated heterocycles. The molecule has 0 aliphatic heterocycles. The maximum Gasteiger partial charge on any atom is 0.348 e. The van der Waals surface area contributed by atoms with Gasteiger partial charge in [-0.05, 0) is 63.3 Å². The van der Waals surface area contributed by atoms with Gasteiger partial charge >= 0.3 is 5.97 Å². The fourth-order valence-corrected chi connectivity index (χ4v) is 4.94. The predicted molar refractivity (Wildman–Crippen MR) is 118 cm³/mol. The van der Waals surface area contributed by atoms with Crippen molar-refractivity contribution in [3.63, 3.8) is 0 Å². The van der Waals surface area contributed by atoms with Crippen molar-refractivity contribution >= 4 is 28.9 Å². The Labute approximate surface area is 179 Å². The van der Waals surface area contributed by atoms with Crippen LogP contribution in [0, 0.1) is 13.8 Å². The minimum Gasteiger partial charge on any atom is -0.451 e. The SMILES string of the molecule is Cc1nn(-c2ccccc2)c(C)c1NC(=O)COC(=O)c1cc2c(s1)CCCCC2. The molecule has 0 atom stereocenters. The van der Waals surface area contributed by atoms with E-state index in [2.05, 4.69) is 10.4 Å². The Balaban J connectivity index is 1.38. The maximum absolute atomic E-state index is 12.4. The summed E-state index contributed by atoms with van der Waals surface area (Å²) in [6.07, 6.45) is 5.61. The molecular formula is C23H25N3O3S. The topological polar surface area (TPSA) is 73.2 Å². The molecule has 1 aromatic carbocycles. The van der Waals surface area contributed by atoms with Crippen LogP contribution in [0.15, 0.2) is 36.4 Å². The molecule has 0 saturated carbocycles. The standard InChI is InChI=1S/C23H25N3O3S/c1-15-22(16(2)26(25-15)18-10-6-4-7-11-18)24-21(27)14-29-23(28)20-13-17-9-5-3-8-12-19(17)30-20/h4,6-7,10-11,13H,3,5,8-9,12,14H2,1-2H3,(H,24,27). The number of carbonyl (C=O) groups is 2. The zero-order valence-corrected chi connectivity index (χ0v) is 18.1. The van der Waals surface area contributed by atoms with E-state index >= 15 is 0 Å². The molecule has 156 valence electrons. The van der Waals surface area contributed by atoms with E-state index in [-0.39, 0.29) is 12.5 Å². The highest BCUT2D eigenvalue weighted by atomic mass is 32.1. The molecule has 3 aromatic rings. The third-order valence-electron chi connectivity index (χ3n) is 5.34. The summed E-state index contributed by atoms with van der Waals surface area (Å²) < 4.78 is 7.06. The molecular weight excluding hydrogens is 398 g/mol. The molecule has 2 heterocycles. The van der Waals surface area contributed by atoms with Crippen molar-refractivity contribution in [2.75, 3.05) is 11.9 Å². The summed E-state index contributed by atoms with van der Waals surface area (Å²) in [6, 6.07) is 11.7. The molecule has 7 heteroatoms. The van der Waals surface area contributed by atoms with Crippen LogP contribution in [0.2, 0.25) is 0 Å². The minimum atomic E-state index is -0.434. The molecule has 1 N–H and O–H groups in total. The number of anilines is 1. The van der Waals surface area contributed by atoms with Gasteiger partial charge in [-0.2, -0.15) is 5.10 Å². The summed E-state index contributed by atoms with van der Waals surface area (Å²) in [5.74, 6) is -0.808. The zero-order chi connectivity index (χ0) is 21.1. The lowest BCUT2D eigenvalue weighted by atomic mass is 10.1. The van der Waals surface area contributed by atoms with Crippen LogP contribution < -0.4 is 5.32 Å². The summed E-state index contributed by atoms with van der Waals surface area (Å²) >= 11 is 1.50. The van der Waals surface area contributed by atoms with Crippen LogP contribution in [0.1, 0.15) is 50.8 Å². The maximum atomic E-state index is 12.4. The normalized spacial score (nSPS) is 13.4. The molecule has 0 unspecified atom stereocenters. The van der Waals surface area contributed by atoms with Crippen molar-refractivity contribution < 1.29 is 14.3 Å². The number of esters is 1. The smallest absolute Gasteiger partial charge is 0.348 e. The molecule has 4 rings (SSSR count). The van der Waals surface area contributed by atoms with Gasteiger partial charge in [0.15, 0.2) is 6.61 Å². The van der Waals surface area contributed by atoms with E-state index in [4.69, 9.17) is 4.74 Å². The first-order chi connectivity index (χ1) is 14.5. The number of thiophene rings is 1. The molecule has 1 amide bonds. The van der Waals surface area contributed by atoms with Gasteiger partial charge in [-0.15, -0.1) is 11.3 Å². The number of rotatable bonds is 5. The van der Waals surface area contributed by atoms with Gasteiger partial charge in [-0.25, -0.2) is 9.48 Å². The average Bonchev–Trinajstić information content (AvgIpc) is 3.19. The van der Waals surface area contributed by atoms with Crippen molar-refractivity contribution in [3.05, 3.63) is 63.1 Å². The number of nitrogens with zero attached hydrogens (tertiary/aromatic N) is 2. The van der Waals surface area contributed by atoms with E-state index in [1.165, 1.54) is 34.6 Å². The largest absolute Gasteiger partial charge is 0.451 e. The van der Waals surface area contributed by atoms with E-state index in [1.807, 2.05) is 50.2 Å². The number of nitrogens with one attached hydrogen (secondary N) is 1. The van der Waals surface area contributed by atoms with Crippen molar-refractivity contribution in [2.24, 2.45) is 0 Å². The number of carbonyl (C=O) groups excluding carboxylic acids is 2. The Hall–Kier alpha value is -2.93. The third-order valence-corrected chi connectivity index (χ3v) is 6.56. The number of fused-ring (bicyclic) bond motifs is 1. The minimum absolute atomic E-state index is 0.323. The number of hydrogen-bond acceptors (Lipinski definition) is 5. The number of amides is 1. The highest BCUT2D eigenvalue weighted by Gasteiger charge is 2.20. The Kier molecular flexibility index (Phi) is 5.99. The van der Waals surface area contributed by atoms with Crippen LogP contribution in [-0.2, 0) is 22.4 Å². The second kappa shape index (κ2) is 8.83. The quantitative estimate of drug-likeness (QED) is 0.480. The molecule has 2 aromatic heterocycles. The summed E-state index contributed by atoms with van der Waals surface area (Å²) in [5, 5.41) is 7.35. The summed E-state index contributed by atoms with van der Waals surface area (Å²) in [6.45, 7) is 3.41. The van der Waals surface area contributed by atoms with Crippen LogP contribution in [0.5, 0.6) is 0 Å². The monoisotopic (exact) mass is 423 g/mol. The Bertz CT molecular complexity index is 1050. The van der Waals surface area contributed by atoms with E-state index in [9.17, 15) is 9.59 Å². The molecule has 1 aliphatic carbocycles. The first-order valence-electron chi connectivity index (χ1n) is 10.2. The number of aromatic nitrogens is 2. The third kappa shape index (κ3) is 4.31. The van der Waals surface area contributed by atoms with Gasteiger partial charge in [0.05, 0.1) is 22.8 Å². The van der Waals surface area contributed by atoms with Crippen LogP contribution in [0.25, 0.3) is 5.69 Å². The van der Waals surface area contributed by atoms with Gasteiger partial charge in [0.2, 0.25) is 0 Å². The lowest BCUT2D eigenvalue weighted by Gasteiger charge is -2.07. The highest BCUT2D eigenvalue weighted by Crippen LogP contribution is 2.29. The Morgan fingerprint density at radius 1 is 1.13 bits per heavy atom. The second-order valence-electron chi connectivity index (χ2n) is 7.54. The van der Waals surface area contributed by atoms with Gasteiger partial charge in [0.1, 0.15) is 4.88 Å². The van der Waals surface area contributed by atoms with E-state index in [1.54, 1.807) is 4.68 Å². The van der Waals surface area contributed by atoms with Crippen molar-refractivity contribution in [1.29, 1.82) is 0 Å². The van der Waals surface area contributed by atoms with E-state index in [0.29, 0.717) is 16.3 Å². The molecule has 6 nitrogen and oxygen atoms in total.